The highest BCUT2D eigenvalue weighted by molar-refractivity contribution is 5.90. The van der Waals surface area contributed by atoms with Crippen molar-refractivity contribution in [1.82, 2.24) is 15.5 Å². The second kappa shape index (κ2) is 13.0. The van der Waals surface area contributed by atoms with Crippen molar-refractivity contribution >= 4 is 17.6 Å². The number of hydrogen-bond donors (Lipinski definition) is 3. The molecule has 0 heterocycles. The van der Waals surface area contributed by atoms with E-state index in [1.54, 1.807) is 6.08 Å². The molecular weight excluding hydrogens is 424 g/mol. The van der Waals surface area contributed by atoms with Gasteiger partial charge in [-0.05, 0) is 49.3 Å². The summed E-state index contributed by atoms with van der Waals surface area (Å²) in [5, 5.41) is 8.70. The van der Waals surface area contributed by atoms with Crippen molar-refractivity contribution < 1.29 is 9.59 Å². The summed E-state index contributed by atoms with van der Waals surface area (Å²) in [5.41, 5.74) is 3.96. The van der Waals surface area contributed by atoms with Gasteiger partial charge in [0, 0.05) is 24.9 Å². The minimum atomic E-state index is -0.342. The van der Waals surface area contributed by atoms with Gasteiger partial charge in [-0.1, -0.05) is 78.9 Å². The van der Waals surface area contributed by atoms with E-state index in [-0.39, 0.29) is 18.0 Å². The molecule has 0 aliphatic carbocycles. The zero-order valence-electron chi connectivity index (χ0n) is 19.7. The minimum absolute atomic E-state index is 0.182. The second-order valence-electron chi connectivity index (χ2n) is 8.29. The largest absolute Gasteiger partial charge is 0.351 e. The molecule has 0 radical (unpaired) electrons. The average molecular weight is 457 g/mol. The Morgan fingerprint density at radius 3 is 2.12 bits per heavy atom. The van der Waals surface area contributed by atoms with Crippen LogP contribution in [0.4, 0.5) is 10.5 Å². The summed E-state index contributed by atoms with van der Waals surface area (Å²) in [6.45, 7) is 1.32. The van der Waals surface area contributed by atoms with Crippen molar-refractivity contribution in [3.8, 4) is 11.1 Å². The summed E-state index contributed by atoms with van der Waals surface area (Å²) < 4.78 is 0. The number of carbonyl (C=O) groups is 2. The second-order valence-corrected chi connectivity index (χ2v) is 8.29. The molecule has 0 bridgehead atoms. The molecule has 3 aromatic rings. The first-order valence-electron chi connectivity index (χ1n) is 11.4. The van der Waals surface area contributed by atoms with Gasteiger partial charge in [0.2, 0.25) is 5.91 Å². The highest BCUT2D eigenvalue weighted by Gasteiger charge is 2.11. The molecule has 176 valence electrons. The normalized spacial score (nSPS) is 11.9. The number of benzene rings is 3. The maximum Gasteiger partial charge on any atom is 0.319 e. The molecule has 0 aromatic heterocycles. The van der Waals surface area contributed by atoms with Crippen LogP contribution >= 0.6 is 0 Å². The first kappa shape index (κ1) is 24.7. The van der Waals surface area contributed by atoms with Crippen LogP contribution in [0, 0.1) is 0 Å². The SMILES string of the molecule is CN(C)CCNC(=O)C=C[C@H](Cc1ccccc1)NC(=O)Nc1ccc(-c2ccccc2)cc1. The van der Waals surface area contributed by atoms with Crippen LogP contribution in [-0.4, -0.2) is 50.1 Å². The highest BCUT2D eigenvalue weighted by Crippen LogP contribution is 2.21. The van der Waals surface area contributed by atoms with Crippen LogP contribution in [0.5, 0.6) is 0 Å². The molecule has 0 aliphatic heterocycles. The third-order valence-corrected chi connectivity index (χ3v) is 5.20. The summed E-state index contributed by atoms with van der Waals surface area (Å²) in [6.07, 6.45) is 3.79. The summed E-state index contributed by atoms with van der Waals surface area (Å²) in [4.78, 5) is 26.9. The van der Waals surface area contributed by atoms with E-state index in [0.29, 0.717) is 18.7 Å². The molecule has 0 fully saturated rings. The Morgan fingerprint density at radius 1 is 0.853 bits per heavy atom. The summed E-state index contributed by atoms with van der Waals surface area (Å²) in [5.74, 6) is -0.182. The summed E-state index contributed by atoms with van der Waals surface area (Å²) in [6, 6.07) is 27.0. The Kier molecular flexibility index (Phi) is 9.43. The van der Waals surface area contributed by atoms with E-state index in [0.717, 1.165) is 23.2 Å². The molecule has 3 amide bonds. The summed E-state index contributed by atoms with van der Waals surface area (Å²) >= 11 is 0. The van der Waals surface area contributed by atoms with Gasteiger partial charge in [0.1, 0.15) is 0 Å². The molecule has 0 unspecified atom stereocenters. The standard InChI is InChI=1S/C28H32N4O2/c1-32(2)20-19-29-27(33)18-17-26(21-22-9-5-3-6-10-22)31-28(34)30-25-15-13-24(14-16-25)23-11-7-4-8-12-23/h3-18,26H,19-21H2,1-2H3,(H,29,33)(H2,30,31,34)/t26-/m1/s1. The van der Waals surface area contributed by atoms with Crippen LogP contribution in [0.15, 0.2) is 97.1 Å². The van der Waals surface area contributed by atoms with Gasteiger partial charge in [-0.3, -0.25) is 4.79 Å². The topological polar surface area (TPSA) is 73.5 Å². The number of nitrogens with one attached hydrogen (secondary N) is 3. The molecule has 0 saturated carbocycles. The van der Waals surface area contributed by atoms with Crippen LogP contribution in [0.3, 0.4) is 0 Å². The number of hydrogen-bond acceptors (Lipinski definition) is 3. The number of nitrogens with zero attached hydrogens (tertiary/aromatic N) is 1. The quantitative estimate of drug-likeness (QED) is 0.398. The number of amides is 3. The maximum atomic E-state index is 12.7. The molecule has 0 saturated heterocycles. The molecule has 6 heteroatoms. The van der Waals surface area contributed by atoms with Crippen molar-refractivity contribution in [3.05, 3.63) is 103 Å². The van der Waals surface area contributed by atoms with E-state index in [4.69, 9.17) is 0 Å². The van der Waals surface area contributed by atoms with Crippen LogP contribution in [0.2, 0.25) is 0 Å². The van der Waals surface area contributed by atoms with Crippen LogP contribution in [-0.2, 0) is 11.2 Å². The zero-order valence-corrected chi connectivity index (χ0v) is 19.7. The Bertz CT molecular complexity index is 1060. The highest BCUT2D eigenvalue weighted by atomic mass is 16.2. The van der Waals surface area contributed by atoms with Gasteiger partial charge in [-0.25, -0.2) is 4.79 Å². The molecule has 0 aliphatic rings. The van der Waals surface area contributed by atoms with Gasteiger partial charge in [-0.15, -0.1) is 0 Å². The fraction of sp³-hybridized carbons (Fsp3) is 0.214. The smallest absolute Gasteiger partial charge is 0.319 e. The third-order valence-electron chi connectivity index (χ3n) is 5.20. The van der Waals surface area contributed by atoms with Crippen LogP contribution in [0.1, 0.15) is 5.56 Å². The lowest BCUT2D eigenvalue weighted by molar-refractivity contribution is -0.116. The molecule has 34 heavy (non-hydrogen) atoms. The molecular formula is C28H32N4O2. The average Bonchev–Trinajstić information content (AvgIpc) is 2.84. The lowest BCUT2D eigenvalue weighted by atomic mass is 10.1. The van der Waals surface area contributed by atoms with E-state index < -0.39 is 0 Å². The zero-order chi connectivity index (χ0) is 24.2. The van der Waals surface area contributed by atoms with Gasteiger partial charge in [0.05, 0.1) is 6.04 Å². The van der Waals surface area contributed by atoms with E-state index in [2.05, 4.69) is 16.0 Å². The van der Waals surface area contributed by atoms with Crippen molar-refractivity contribution in [3.63, 3.8) is 0 Å². The Hall–Kier alpha value is -3.90. The van der Waals surface area contributed by atoms with Gasteiger partial charge in [-0.2, -0.15) is 0 Å². The van der Waals surface area contributed by atoms with Crippen LogP contribution < -0.4 is 16.0 Å². The van der Waals surface area contributed by atoms with Crippen molar-refractivity contribution in [2.24, 2.45) is 0 Å². The van der Waals surface area contributed by atoms with E-state index in [1.807, 2.05) is 104 Å². The molecule has 3 aromatic carbocycles. The number of anilines is 1. The summed E-state index contributed by atoms with van der Waals surface area (Å²) in [7, 11) is 3.91. The Balaban J connectivity index is 1.61. The molecule has 0 spiro atoms. The van der Waals surface area contributed by atoms with E-state index in [1.165, 1.54) is 6.08 Å². The fourth-order valence-electron chi connectivity index (χ4n) is 3.41. The number of rotatable bonds is 10. The predicted molar refractivity (Wildman–Crippen MR) is 139 cm³/mol. The van der Waals surface area contributed by atoms with Crippen molar-refractivity contribution in [2.75, 3.05) is 32.5 Å². The van der Waals surface area contributed by atoms with E-state index >= 15 is 0 Å². The predicted octanol–water partition coefficient (Wildman–Crippen LogP) is 4.32. The molecule has 3 rings (SSSR count). The number of carbonyl (C=O) groups excluding carboxylic acids is 2. The number of urea groups is 1. The first-order valence-corrected chi connectivity index (χ1v) is 11.4. The maximum absolute atomic E-state index is 12.7. The molecule has 3 N–H and O–H groups in total. The fourth-order valence-corrected chi connectivity index (χ4v) is 3.41. The lowest BCUT2D eigenvalue weighted by Gasteiger charge is -2.16. The minimum Gasteiger partial charge on any atom is -0.351 e. The van der Waals surface area contributed by atoms with Crippen molar-refractivity contribution in [1.29, 1.82) is 0 Å². The van der Waals surface area contributed by atoms with E-state index in [9.17, 15) is 9.59 Å². The van der Waals surface area contributed by atoms with Gasteiger partial charge < -0.3 is 20.9 Å². The third kappa shape index (κ3) is 8.56. The van der Waals surface area contributed by atoms with Gasteiger partial charge >= 0.3 is 6.03 Å². The van der Waals surface area contributed by atoms with Gasteiger partial charge in [0.25, 0.3) is 0 Å². The number of likely N-dealkylation sites (N-methyl/N-ethyl adjacent to an activating group) is 1. The van der Waals surface area contributed by atoms with Gasteiger partial charge in [0.15, 0.2) is 0 Å². The van der Waals surface area contributed by atoms with Crippen LogP contribution in [0.25, 0.3) is 11.1 Å². The Morgan fingerprint density at radius 2 is 1.47 bits per heavy atom. The Labute approximate surface area is 201 Å². The first-order chi connectivity index (χ1) is 16.5. The molecule has 6 nitrogen and oxygen atoms in total. The lowest BCUT2D eigenvalue weighted by Crippen LogP contribution is -2.38. The monoisotopic (exact) mass is 456 g/mol. The molecule has 1 atom stereocenters. The van der Waals surface area contributed by atoms with Crippen molar-refractivity contribution in [2.45, 2.75) is 12.5 Å².